The Bertz CT molecular complexity index is 599. The van der Waals surface area contributed by atoms with Gasteiger partial charge in [-0.1, -0.05) is 34.1 Å². The minimum absolute atomic E-state index is 0.239. The second kappa shape index (κ2) is 5.43. The van der Waals surface area contributed by atoms with Gasteiger partial charge in [-0.25, -0.2) is 0 Å². The van der Waals surface area contributed by atoms with Crippen LogP contribution in [-0.2, 0) is 0 Å². The quantitative estimate of drug-likeness (QED) is 0.839. The lowest BCUT2D eigenvalue weighted by Gasteiger charge is -2.15. The summed E-state index contributed by atoms with van der Waals surface area (Å²) in [5, 5.41) is 0.239. The summed E-state index contributed by atoms with van der Waals surface area (Å²) in [4.78, 5) is 15.1. The molecule has 1 aliphatic rings. The van der Waals surface area contributed by atoms with E-state index < -0.39 is 0 Å². The van der Waals surface area contributed by atoms with Crippen molar-refractivity contribution in [1.82, 2.24) is 15.0 Å². The maximum atomic E-state index is 6.03. The summed E-state index contributed by atoms with van der Waals surface area (Å²) in [7, 11) is 0. The van der Waals surface area contributed by atoms with Gasteiger partial charge in [0.05, 0.1) is 0 Å². The van der Waals surface area contributed by atoms with Crippen molar-refractivity contribution < 1.29 is 0 Å². The fourth-order valence-electron chi connectivity index (χ4n) is 2.16. The molecule has 1 aliphatic heterocycles. The van der Waals surface area contributed by atoms with Gasteiger partial charge in [0.15, 0.2) is 5.82 Å². The lowest BCUT2D eigenvalue weighted by atomic mass is 10.2. The molecule has 0 unspecified atom stereocenters. The van der Waals surface area contributed by atoms with Gasteiger partial charge in [0.1, 0.15) is 0 Å². The lowest BCUT2D eigenvalue weighted by Crippen LogP contribution is -2.21. The maximum absolute atomic E-state index is 6.03. The number of nitrogens with zero attached hydrogens (tertiary/aromatic N) is 4. The molecule has 2 heterocycles. The number of hydrogen-bond donors (Lipinski definition) is 0. The van der Waals surface area contributed by atoms with Crippen LogP contribution in [0.3, 0.4) is 0 Å². The van der Waals surface area contributed by atoms with E-state index in [-0.39, 0.29) is 5.28 Å². The molecule has 6 heteroatoms. The Hall–Kier alpha value is -1.20. The van der Waals surface area contributed by atoms with Crippen LogP contribution in [-0.4, -0.2) is 28.0 Å². The van der Waals surface area contributed by atoms with Gasteiger partial charge in [0.2, 0.25) is 11.2 Å². The minimum Gasteiger partial charge on any atom is -0.341 e. The Morgan fingerprint density at radius 2 is 1.79 bits per heavy atom. The average Bonchev–Trinajstić information content (AvgIpc) is 2.92. The molecule has 0 amide bonds. The zero-order chi connectivity index (χ0) is 13.2. The Morgan fingerprint density at radius 3 is 2.53 bits per heavy atom. The SMILES string of the molecule is Clc1nc(-c2ccccc2Br)nc(N2CCCC2)n1. The van der Waals surface area contributed by atoms with Crippen LogP contribution >= 0.6 is 27.5 Å². The molecule has 0 N–H and O–H groups in total. The van der Waals surface area contributed by atoms with Crippen LogP contribution in [0.1, 0.15) is 12.8 Å². The summed E-state index contributed by atoms with van der Waals surface area (Å²) in [6, 6.07) is 7.83. The van der Waals surface area contributed by atoms with E-state index in [1.165, 1.54) is 12.8 Å². The second-order valence-corrected chi connectivity index (χ2v) is 5.59. The average molecular weight is 340 g/mol. The number of aromatic nitrogens is 3. The molecule has 2 aromatic rings. The van der Waals surface area contributed by atoms with E-state index in [1.54, 1.807) is 0 Å². The first-order chi connectivity index (χ1) is 9.24. The summed E-state index contributed by atoms with van der Waals surface area (Å²) in [6.45, 7) is 1.96. The van der Waals surface area contributed by atoms with E-state index in [9.17, 15) is 0 Å². The molecule has 0 spiro atoms. The molecule has 4 nitrogen and oxygen atoms in total. The predicted octanol–water partition coefficient (Wildman–Crippen LogP) is 3.55. The monoisotopic (exact) mass is 338 g/mol. The van der Waals surface area contributed by atoms with Crippen molar-refractivity contribution in [3.05, 3.63) is 34.0 Å². The molecule has 0 bridgehead atoms. The second-order valence-electron chi connectivity index (χ2n) is 4.40. The molecular weight excluding hydrogens is 328 g/mol. The Morgan fingerprint density at radius 1 is 1.05 bits per heavy atom. The van der Waals surface area contributed by atoms with Gasteiger partial charge >= 0.3 is 0 Å². The molecule has 3 rings (SSSR count). The van der Waals surface area contributed by atoms with Crippen molar-refractivity contribution in [2.24, 2.45) is 0 Å². The maximum Gasteiger partial charge on any atom is 0.230 e. The van der Waals surface area contributed by atoms with Crippen molar-refractivity contribution >= 4 is 33.5 Å². The third-order valence-electron chi connectivity index (χ3n) is 3.10. The number of anilines is 1. The van der Waals surface area contributed by atoms with Gasteiger partial charge in [-0.05, 0) is 30.5 Å². The normalized spacial score (nSPS) is 14.9. The van der Waals surface area contributed by atoms with Gasteiger partial charge in [0, 0.05) is 23.1 Å². The zero-order valence-electron chi connectivity index (χ0n) is 10.2. The van der Waals surface area contributed by atoms with Crippen LogP contribution in [0.4, 0.5) is 5.95 Å². The topological polar surface area (TPSA) is 41.9 Å². The Balaban J connectivity index is 2.04. The molecule has 1 fully saturated rings. The fraction of sp³-hybridized carbons (Fsp3) is 0.308. The number of benzene rings is 1. The Kier molecular flexibility index (Phi) is 3.66. The van der Waals surface area contributed by atoms with E-state index in [0.29, 0.717) is 11.8 Å². The van der Waals surface area contributed by atoms with Crippen LogP contribution in [0.25, 0.3) is 11.4 Å². The van der Waals surface area contributed by atoms with Gasteiger partial charge in [0.25, 0.3) is 0 Å². The molecular formula is C13H12BrClN4. The highest BCUT2D eigenvalue weighted by Crippen LogP contribution is 2.27. The van der Waals surface area contributed by atoms with Crippen LogP contribution in [0, 0.1) is 0 Å². The first kappa shape index (κ1) is 12.8. The molecule has 0 saturated carbocycles. The van der Waals surface area contributed by atoms with Crippen molar-refractivity contribution in [3.63, 3.8) is 0 Å². The van der Waals surface area contributed by atoms with Crippen molar-refractivity contribution in [1.29, 1.82) is 0 Å². The van der Waals surface area contributed by atoms with Crippen molar-refractivity contribution in [2.75, 3.05) is 18.0 Å². The molecule has 0 atom stereocenters. The predicted molar refractivity (Wildman–Crippen MR) is 79.4 cm³/mol. The number of rotatable bonds is 2. The largest absolute Gasteiger partial charge is 0.341 e. The summed E-state index contributed by atoms with van der Waals surface area (Å²) in [5.41, 5.74) is 0.923. The van der Waals surface area contributed by atoms with Crippen LogP contribution in [0.15, 0.2) is 28.7 Å². The molecule has 0 radical (unpaired) electrons. The standard InChI is InChI=1S/C13H12BrClN4/c14-10-6-2-1-5-9(10)11-16-12(15)18-13(17-11)19-7-3-4-8-19/h1-2,5-6H,3-4,7-8H2. The van der Waals surface area contributed by atoms with Crippen LogP contribution in [0.2, 0.25) is 5.28 Å². The molecule has 0 aliphatic carbocycles. The highest BCUT2D eigenvalue weighted by Gasteiger charge is 2.18. The minimum atomic E-state index is 0.239. The van der Waals surface area contributed by atoms with E-state index in [2.05, 4.69) is 35.8 Å². The van der Waals surface area contributed by atoms with Crippen molar-refractivity contribution in [3.8, 4) is 11.4 Å². The van der Waals surface area contributed by atoms with Crippen molar-refractivity contribution in [2.45, 2.75) is 12.8 Å². The zero-order valence-corrected chi connectivity index (χ0v) is 12.5. The lowest BCUT2D eigenvalue weighted by molar-refractivity contribution is 0.882. The Labute approximate surface area is 125 Å². The third-order valence-corrected chi connectivity index (χ3v) is 3.96. The summed E-state index contributed by atoms with van der Waals surface area (Å²) < 4.78 is 0.949. The van der Waals surface area contributed by atoms with E-state index >= 15 is 0 Å². The van der Waals surface area contributed by atoms with Crippen LogP contribution < -0.4 is 4.90 Å². The summed E-state index contributed by atoms with van der Waals surface area (Å²) >= 11 is 9.54. The summed E-state index contributed by atoms with van der Waals surface area (Å²) in [5.74, 6) is 1.28. The van der Waals surface area contributed by atoms with Gasteiger partial charge in [-0.3, -0.25) is 0 Å². The third kappa shape index (κ3) is 2.72. The highest BCUT2D eigenvalue weighted by molar-refractivity contribution is 9.10. The van der Waals surface area contributed by atoms with Gasteiger partial charge in [-0.2, -0.15) is 15.0 Å². The molecule has 1 saturated heterocycles. The number of halogens is 2. The molecule has 1 aromatic carbocycles. The van der Waals surface area contributed by atoms with E-state index in [1.807, 2.05) is 24.3 Å². The molecule has 19 heavy (non-hydrogen) atoms. The first-order valence-corrected chi connectivity index (χ1v) is 7.32. The summed E-state index contributed by atoms with van der Waals surface area (Å²) in [6.07, 6.45) is 2.35. The van der Waals surface area contributed by atoms with E-state index in [0.717, 1.165) is 23.1 Å². The van der Waals surface area contributed by atoms with Crippen LogP contribution in [0.5, 0.6) is 0 Å². The fourth-order valence-corrected chi connectivity index (χ4v) is 2.78. The number of hydrogen-bond acceptors (Lipinski definition) is 4. The molecule has 98 valence electrons. The first-order valence-electron chi connectivity index (χ1n) is 6.15. The van der Waals surface area contributed by atoms with Gasteiger partial charge < -0.3 is 4.90 Å². The molecule has 1 aromatic heterocycles. The van der Waals surface area contributed by atoms with E-state index in [4.69, 9.17) is 11.6 Å². The highest BCUT2D eigenvalue weighted by atomic mass is 79.9. The van der Waals surface area contributed by atoms with Gasteiger partial charge in [-0.15, -0.1) is 0 Å². The smallest absolute Gasteiger partial charge is 0.230 e.